The van der Waals surface area contributed by atoms with Crippen LogP contribution >= 0.6 is 11.3 Å². The zero-order valence-corrected chi connectivity index (χ0v) is 15.0. The zero-order chi connectivity index (χ0) is 18.5. The molecule has 8 heteroatoms. The summed E-state index contributed by atoms with van der Waals surface area (Å²) in [5.74, 6) is -0.209. The smallest absolute Gasteiger partial charge is 0.338 e. The quantitative estimate of drug-likeness (QED) is 0.669. The van der Waals surface area contributed by atoms with Gasteiger partial charge in [0.05, 0.1) is 30.0 Å². The molecular weight excluding hydrogens is 356 g/mol. The van der Waals surface area contributed by atoms with Crippen LogP contribution in [0.25, 0.3) is 10.2 Å². The normalized spacial score (nSPS) is 10.4. The lowest BCUT2D eigenvalue weighted by molar-refractivity contribution is -0.119. The molecule has 0 saturated heterocycles. The largest absolute Gasteiger partial charge is 0.497 e. The molecule has 0 aliphatic rings. The van der Waals surface area contributed by atoms with Crippen LogP contribution in [0.3, 0.4) is 0 Å². The van der Waals surface area contributed by atoms with E-state index >= 15 is 0 Å². The molecule has 0 saturated carbocycles. The van der Waals surface area contributed by atoms with E-state index in [0.717, 1.165) is 10.2 Å². The molecule has 3 rings (SSSR count). The van der Waals surface area contributed by atoms with Crippen molar-refractivity contribution in [3.63, 3.8) is 0 Å². The number of hydrogen-bond donors (Lipinski definition) is 1. The molecule has 0 fully saturated rings. The summed E-state index contributed by atoms with van der Waals surface area (Å²) in [4.78, 5) is 28.4. The molecule has 0 radical (unpaired) electrons. The maximum atomic E-state index is 12.2. The Morgan fingerprint density at radius 1 is 1.08 bits per heavy atom. The molecule has 3 aromatic rings. The first-order chi connectivity index (χ1) is 12.6. The Labute approximate surface area is 153 Å². The van der Waals surface area contributed by atoms with Crippen LogP contribution in [0.15, 0.2) is 42.5 Å². The Bertz CT molecular complexity index is 898. The van der Waals surface area contributed by atoms with Crippen LogP contribution in [0.5, 0.6) is 11.5 Å². The first kappa shape index (κ1) is 17.7. The van der Waals surface area contributed by atoms with Crippen LogP contribution in [0, 0.1) is 0 Å². The van der Waals surface area contributed by atoms with Crippen molar-refractivity contribution in [2.45, 2.75) is 0 Å². The van der Waals surface area contributed by atoms with Gasteiger partial charge in [0.1, 0.15) is 11.5 Å². The van der Waals surface area contributed by atoms with Gasteiger partial charge in [-0.15, -0.1) is 0 Å². The van der Waals surface area contributed by atoms with Crippen molar-refractivity contribution in [1.29, 1.82) is 0 Å². The minimum atomic E-state index is -0.651. The third kappa shape index (κ3) is 4.09. The number of ether oxygens (including phenoxy) is 3. The maximum Gasteiger partial charge on any atom is 0.338 e. The Morgan fingerprint density at radius 3 is 2.42 bits per heavy atom. The molecule has 0 bridgehead atoms. The highest BCUT2D eigenvalue weighted by Gasteiger charge is 2.14. The van der Waals surface area contributed by atoms with E-state index in [1.807, 2.05) is 24.3 Å². The van der Waals surface area contributed by atoms with E-state index in [4.69, 9.17) is 14.2 Å². The summed E-state index contributed by atoms with van der Waals surface area (Å²) in [5, 5.41) is 3.08. The molecule has 1 aromatic heterocycles. The van der Waals surface area contributed by atoms with Gasteiger partial charge in [-0.1, -0.05) is 23.5 Å². The van der Waals surface area contributed by atoms with Crippen molar-refractivity contribution in [3.8, 4) is 11.5 Å². The molecule has 0 aliphatic carbocycles. The molecule has 0 unspecified atom stereocenters. The topological polar surface area (TPSA) is 86.8 Å². The summed E-state index contributed by atoms with van der Waals surface area (Å²) >= 11 is 1.35. The maximum absolute atomic E-state index is 12.2. The van der Waals surface area contributed by atoms with Crippen molar-refractivity contribution >= 4 is 38.6 Å². The molecule has 26 heavy (non-hydrogen) atoms. The van der Waals surface area contributed by atoms with Gasteiger partial charge >= 0.3 is 5.97 Å². The van der Waals surface area contributed by atoms with Crippen molar-refractivity contribution in [3.05, 3.63) is 48.0 Å². The van der Waals surface area contributed by atoms with E-state index in [1.165, 1.54) is 37.7 Å². The number of carbonyl (C=O) groups excluding carboxylic acids is 2. The van der Waals surface area contributed by atoms with Gasteiger partial charge in [-0.25, -0.2) is 9.78 Å². The summed E-state index contributed by atoms with van der Waals surface area (Å²) in [5.41, 5.74) is 1.03. The van der Waals surface area contributed by atoms with Crippen molar-refractivity contribution < 1.29 is 23.8 Å². The Balaban J connectivity index is 1.61. The van der Waals surface area contributed by atoms with E-state index in [9.17, 15) is 9.59 Å². The van der Waals surface area contributed by atoms with Crippen LogP contribution in [0.1, 0.15) is 10.4 Å². The van der Waals surface area contributed by atoms with Crippen LogP contribution in [-0.4, -0.2) is 37.7 Å². The lowest BCUT2D eigenvalue weighted by Crippen LogP contribution is -2.20. The fourth-order valence-corrected chi connectivity index (χ4v) is 3.10. The summed E-state index contributed by atoms with van der Waals surface area (Å²) in [6.45, 7) is -0.422. The number of amides is 1. The van der Waals surface area contributed by atoms with Gasteiger partial charge in [-0.05, 0) is 24.3 Å². The number of nitrogens with zero attached hydrogens (tertiary/aromatic N) is 1. The molecular formula is C18H16N2O5S. The minimum Gasteiger partial charge on any atom is -0.497 e. The van der Waals surface area contributed by atoms with Crippen LogP contribution in [-0.2, 0) is 9.53 Å². The number of carbonyl (C=O) groups is 2. The number of nitrogens with one attached hydrogen (secondary N) is 1. The third-order valence-corrected chi connectivity index (χ3v) is 4.41. The predicted molar refractivity (Wildman–Crippen MR) is 98.1 cm³/mol. The molecule has 1 N–H and O–H groups in total. The van der Waals surface area contributed by atoms with E-state index in [0.29, 0.717) is 16.6 Å². The Morgan fingerprint density at radius 2 is 1.77 bits per heavy atom. The standard InChI is InChI=1S/C18H16N2O5S/c1-23-12-7-11(8-13(9-12)24-2)17(22)25-10-16(21)20-18-19-14-5-3-4-6-15(14)26-18/h3-9H,10H2,1-2H3,(H,19,20,21). The number of esters is 1. The highest BCUT2D eigenvalue weighted by molar-refractivity contribution is 7.22. The number of hydrogen-bond acceptors (Lipinski definition) is 7. The van der Waals surface area contributed by atoms with Crippen molar-refractivity contribution in [1.82, 2.24) is 4.98 Å². The first-order valence-electron chi connectivity index (χ1n) is 7.64. The number of methoxy groups -OCH3 is 2. The number of benzene rings is 2. The second-order valence-electron chi connectivity index (χ2n) is 5.21. The minimum absolute atomic E-state index is 0.231. The number of rotatable bonds is 6. The second-order valence-corrected chi connectivity index (χ2v) is 6.24. The van der Waals surface area contributed by atoms with Gasteiger partial charge in [0.2, 0.25) is 0 Å². The fraction of sp³-hybridized carbons (Fsp3) is 0.167. The highest BCUT2D eigenvalue weighted by Crippen LogP contribution is 2.25. The first-order valence-corrected chi connectivity index (χ1v) is 8.46. The van der Waals surface area contributed by atoms with Crippen LogP contribution in [0.4, 0.5) is 5.13 Å². The van der Waals surface area contributed by atoms with E-state index < -0.39 is 18.5 Å². The van der Waals surface area contributed by atoms with Gasteiger partial charge in [0.25, 0.3) is 5.91 Å². The number of fused-ring (bicyclic) bond motifs is 1. The van der Waals surface area contributed by atoms with Crippen LogP contribution < -0.4 is 14.8 Å². The average Bonchev–Trinajstić information content (AvgIpc) is 3.07. The average molecular weight is 372 g/mol. The van der Waals surface area contributed by atoms with Gasteiger partial charge in [0.15, 0.2) is 11.7 Å². The lowest BCUT2D eigenvalue weighted by atomic mass is 10.2. The molecule has 0 aliphatic heterocycles. The van der Waals surface area contributed by atoms with E-state index in [2.05, 4.69) is 10.3 Å². The number of anilines is 1. The molecule has 1 amide bonds. The Kier molecular flexibility index (Phi) is 5.33. The van der Waals surface area contributed by atoms with E-state index in [-0.39, 0.29) is 5.56 Å². The summed E-state index contributed by atoms with van der Waals surface area (Å²) in [6.07, 6.45) is 0. The number of thiazole rings is 1. The van der Waals surface area contributed by atoms with E-state index in [1.54, 1.807) is 6.07 Å². The van der Waals surface area contributed by atoms with Crippen molar-refractivity contribution in [2.24, 2.45) is 0 Å². The Hall–Kier alpha value is -3.13. The van der Waals surface area contributed by atoms with Crippen molar-refractivity contribution in [2.75, 3.05) is 26.1 Å². The van der Waals surface area contributed by atoms with Gasteiger partial charge in [0, 0.05) is 6.07 Å². The fourth-order valence-electron chi connectivity index (χ4n) is 2.22. The molecule has 134 valence electrons. The zero-order valence-electron chi connectivity index (χ0n) is 14.1. The molecule has 2 aromatic carbocycles. The predicted octanol–water partition coefficient (Wildman–Crippen LogP) is 3.11. The number of aromatic nitrogens is 1. The summed E-state index contributed by atoms with van der Waals surface area (Å²) in [7, 11) is 2.96. The van der Waals surface area contributed by atoms with Gasteiger partial charge in [-0.3, -0.25) is 10.1 Å². The number of para-hydroxylation sites is 1. The van der Waals surface area contributed by atoms with Gasteiger partial charge in [-0.2, -0.15) is 0 Å². The second kappa shape index (κ2) is 7.83. The van der Waals surface area contributed by atoms with Gasteiger partial charge < -0.3 is 14.2 Å². The molecule has 0 spiro atoms. The third-order valence-electron chi connectivity index (χ3n) is 3.46. The summed E-state index contributed by atoms with van der Waals surface area (Å²) < 4.78 is 16.2. The summed E-state index contributed by atoms with van der Waals surface area (Å²) in [6, 6.07) is 12.2. The lowest BCUT2D eigenvalue weighted by Gasteiger charge is -2.08. The monoisotopic (exact) mass is 372 g/mol. The SMILES string of the molecule is COc1cc(OC)cc(C(=O)OCC(=O)Nc2nc3ccccc3s2)c1. The van der Waals surface area contributed by atoms with Crippen LogP contribution in [0.2, 0.25) is 0 Å². The molecule has 0 atom stereocenters. The highest BCUT2D eigenvalue weighted by atomic mass is 32.1. The molecule has 1 heterocycles. The molecule has 7 nitrogen and oxygen atoms in total.